The second-order valence-electron chi connectivity index (χ2n) is 4.05. The van der Waals surface area contributed by atoms with E-state index in [4.69, 9.17) is 0 Å². The predicted molar refractivity (Wildman–Crippen MR) is 73.3 cm³/mol. The van der Waals surface area contributed by atoms with E-state index in [2.05, 4.69) is 14.9 Å². The van der Waals surface area contributed by atoms with Gasteiger partial charge in [0.1, 0.15) is 0 Å². The highest BCUT2D eigenvalue weighted by Gasteiger charge is 2.16. The molecule has 0 atom stereocenters. The number of sulfonamides is 1. The van der Waals surface area contributed by atoms with Crippen LogP contribution in [0.2, 0.25) is 0 Å². The number of fused-ring (bicyclic) bond motifs is 1. The molecule has 5 nitrogen and oxygen atoms in total. The van der Waals surface area contributed by atoms with Crippen LogP contribution in [0.25, 0.3) is 10.8 Å². The first-order valence-corrected chi connectivity index (χ1v) is 7.15. The van der Waals surface area contributed by atoms with Crippen molar-refractivity contribution in [2.75, 3.05) is 4.72 Å². The molecule has 0 spiro atoms. The Morgan fingerprint density at radius 3 is 2.58 bits per heavy atom. The van der Waals surface area contributed by atoms with Gasteiger partial charge in [0.2, 0.25) is 0 Å². The molecule has 2 aromatic carbocycles. The van der Waals surface area contributed by atoms with Crippen LogP contribution < -0.4 is 4.72 Å². The number of hydrogen-bond acceptors (Lipinski definition) is 3. The zero-order valence-electron chi connectivity index (χ0n) is 9.87. The minimum atomic E-state index is -3.63. The van der Waals surface area contributed by atoms with Crippen molar-refractivity contribution in [2.45, 2.75) is 5.03 Å². The molecule has 0 radical (unpaired) electrons. The van der Waals surface area contributed by atoms with Crippen LogP contribution in [-0.2, 0) is 10.0 Å². The first kappa shape index (κ1) is 11.7. The molecule has 0 fully saturated rings. The molecule has 0 aliphatic rings. The fourth-order valence-electron chi connectivity index (χ4n) is 1.91. The molecule has 1 heterocycles. The summed E-state index contributed by atoms with van der Waals surface area (Å²) in [4.78, 5) is 0. The molecule has 0 bridgehead atoms. The van der Waals surface area contributed by atoms with Crippen LogP contribution in [0.15, 0.2) is 59.8 Å². The Kier molecular flexibility index (Phi) is 2.72. The van der Waals surface area contributed by atoms with E-state index in [1.165, 1.54) is 12.3 Å². The Labute approximate surface area is 110 Å². The first-order chi connectivity index (χ1) is 9.17. The number of aromatic amines is 1. The maximum absolute atomic E-state index is 12.1. The minimum absolute atomic E-state index is 0.0421. The number of nitrogens with one attached hydrogen (secondary N) is 2. The normalized spacial score (nSPS) is 11.6. The lowest BCUT2D eigenvalue weighted by Crippen LogP contribution is -2.13. The maximum Gasteiger partial charge on any atom is 0.278 e. The van der Waals surface area contributed by atoms with Gasteiger partial charge in [-0.15, -0.1) is 0 Å². The van der Waals surface area contributed by atoms with E-state index in [9.17, 15) is 8.42 Å². The third-order valence-corrected chi connectivity index (χ3v) is 4.09. The fourth-order valence-corrected chi connectivity index (χ4v) is 2.90. The molecular formula is C13H11N3O2S. The average molecular weight is 273 g/mol. The first-order valence-electron chi connectivity index (χ1n) is 5.67. The van der Waals surface area contributed by atoms with Crippen molar-refractivity contribution in [3.8, 4) is 0 Å². The standard InChI is InChI=1S/C13H11N3O2S/c17-19(18,13-8-9-14-15-13)16-12-7-3-5-10-4-1-2-6-11(10)12/h1-9,16H,(H,14,15). The zero-order valence-corrected chi connectivity index (χ0v) is 10.7. The highest BCUT2D eigenvalue weighted by molar-refractivity contribution is 7.92. The Morgan fingerprint density at radius 2 is 1.79 bits per heavy atom. The summed E-state index contributed by atoms with van der Waals surface area (Å²) in [5, 5.41) is 7.97. The highest BCUT2D eigenvalue weighted by atomic mass is 32.2. The van der Waals surface area contributed by atoms with Gasteiger partial charge in [-0.25, -0.2) is 0 Å². The number of H-pyrrole nitrogens is 1. The number of hydrogen-bond donors (Lipinski definition) is 2. The van der Waals surface area contributed by atoms with Gasteiger partial charge in [-0.2, -0.15) is 13.5 Å². The molecule has 0 aliphatic carbocycles. The molecule has 6 heteroatoms. The topological polar surface area (TPSA) is 74.8 Å². The molecule has 1 aromatic heterocycles. The summed E-state index contributed by atoms with van der Waals surface area (Å²) < 4.78 is 26.8. The van der Waals surface area contributed by atoms with Crippen LogP contribution in [0.3, 0.4) is 0 Å². The lowest BCUT2D eigenvalue weighted by Gasteiger charge is -2.09. The minimum Gasteiger partial charge on any atom is -0.278 e. The second-order valence-corrected chi connectivity index (χ2v) is 5.70. The number of aromatic nitrogens is 2. The largest absolute Gasteiger partial charge is 0.278 e. The lowest BCUT2D eigenvalue weighted by atomic mass is 10.1. The van der Waals surface area contributed by atoms with E-state index in [0.717, 1.165) is 10.8 Å². The Balaban J connectivity index is 2.07. The molecule has 0 unspecified atom stereocenters. The Bertz CT molecular complexity index is 806. The van der Waals surface area contributed by atoms with Crippen LogP contribution in [-0.4, -0.2) is 18.6 Å². The van der Waals surface area contributed by atoms with Gasteiger partial charge >= 0.3 is 0 Å². The van der Waals surface area contributed by atoms with Crippen molar-refractivity contribution >= 4 is 26.5 Å². The third-order valence-electron chi connectivity index (χ3n) is 2.80. The maximum atomic E-state index is 12.1. The number of nitrogens with zero attached hydrogens (tertiary/aromatic N) is 1. The van der Waals surface area contributed by atoms with E-state index in [-0.39, 0.29) is 5.03 Å². The van der Waals surface area contributed by atoms with Gasteiger partial charge in [-0.05, 0) is 17.5 Å². The monoisotopic (exact) mass is 273 g/mol. The second kappa shape index (κ2) is 4.40. The van der Waals surface area contributed by atoms with Crippen LogP contribution >= 0.6 is 0 Å². The summed E-state index contributed by atoms with van der Waals surface area (Å²) in [5.41, 5.74) is 0.549. The van der Waals surface area contributed by atoms with Crippen LogP contribution in [0.1, 0.15) is 0 Å². The van der Waals surface area contributed by atoms with Crippen molar-refractivity contribution < 1.29 is 8.42 Å². The quantitative estimate of drug-likeness (QED) is 0.769. The molecule has 3 rings (SSSR count). The van der Waals surface area contributed by atoms with Gasteiger partial charge in [0.25, 0.3) is 10.0 Å². The van der Waals surface area contributed by atoms with Gasteiger partial charge in [0.05, 0.1) is 11.9 Å². The molecule has 96 valence electrons. The van der Waals surface area contributed by atoms with Crippen molar-refractivity contribution in [3.63, 3.8) is 0 Å². The van der Waals surface area contributed by atoms with Crippen molar-refractivity contribution in [1.82, 2.24) is 10.2 Å². The average Bonchev–Trinajstić information content (AvgIpc) is 2.93. The smallest absolute Gasteiger partial charge is 0.278 e. The molecule has 0 saturated carbocycles. The fraction of sp³-hybridized carbons (Fsp3) is 0. The van der Waals surface area contributed by atoms with Gasteiger partial charge in [0, 0.05) is 5.39 Å². The van der Waals surface area contributed by atoms with Crippen molar-refractivity contribution in [2.24, 2.45) is 0 Å². The summed E-state index contributed by atoms with van der Waals surface area (Å²) >= 11 is 0. The summed E-state index contributed by atoms with van der Waals surface area (Å²) in [6, 6.07) is 14.5. The SMILES string of the molecule is O=S(=O)(Nc1cccc2ccccc12)c1ccn[nH]1. The molecule has 3 aromatic rings. The van der Waals surface area contributed by atoms with Gasteiger partial charge in [0.15, 0.2) is 5.03 Å². The lowest BCUT2D eigenvalue weighted by molar-refractivity contribution is 0.597. The van der Waals surface area contributed by atoms with E-state index < -0.39 is 10.0 Å². The summed E-state index contributed by atoms with van der Waals surface area (Å²) in [6.45, 7) is 0. The molecule has 0 amide bonds. The van der Waals surface area contributed by atoms with Crippen LogP contribution in [0.5, 0.6) is 0 Å². The summed E-state index contributed by atoms with van der Waals surface area (Å²) in [5.74, 6) is 0. The Morgan fingerprint density at radius 1 is 1.00 bits per heavy atom. The van der Waals surface area contributed by atoms with E-state index in [0.29, 0.717) is 5.69 Å². The zero-order chi connectivity index (χ0) is 13.3. The summed E-state index contributed by atoms with van der Waals surface area (Å²) in [7, 11) is -3.63. The van der Waals surface area contributed by atoms with Crippen LogP contribution in [0, 0.1) is 0 Å². The molecule has 0 saturated heterocycles. The predicted octanol–water partition coefficient (Wildman–Crippen LogP) is 2.36. The molecule has 2 N–H and O–H groups in total. The van der Waals surface area contributed by atoms with E-state index in [1.54, 1.807) is 6.07 Å². The number of rotatable bonds is 3. The third kappa shape index (κ3) is 2.17. The van der Waals surface area contributed by atoms with Gasteiger partial charge in [-0.1, -0.05) is 36.4 Å². The van der Waals surface area contributed by atoms with Crippen molar-refractivity contribution in [1.29, 1.82) is 0 Å². The van der Waals surface area contributed by atoms with Crippen molar-refractivity contribution in [3.05, 3.63) is 54.7 Å². The van der Waals surface area contributed by atoms with Gasteiger partial charge in [-0.3, -0.25) is 9.82 Å². The van der Waals surface area contributed by atoms with E-state index in [1.807, 2.05) is 36.4 Å². The molecule has 0 aliphatic heterocycles. The number of anilines is 1. The highest BCUT2D eigenvalue weighted by Crippen LogP contribution is 2.24. The Hall–Kier alpha value is -2.34. The molecular weight excluding hydrogens is 262 g/mol. The van der Waals surface area contributed by atoms with Gasteiger partial charge < -0.3 is 0 Å². The van der Waals surface area contributed by atoms with E-state index >= 15 is 0 Å². The van der Waals surface area contributed by atoms with Crippen LogP contribution in [0.4, 0.5) is 5.69 Å². The molecule has 19 heavy (non-hydrogen) atoms. The summed E-state index contributed by atoms with van der Waals surface area (Å²) in [6.07, 6.45) is 1.40. The number of benzene rings is 2.